The lowest BCUT2D eigenvalue weighted by Crippen LogP contribution is -2.33. The van der Waals surface area contributed by atoms with Gasteiger partial charge in [0.25, 0.3) is 10.0 Å². The smallest absolute Gasteiger partial charge is 0.261 e. The topological polar surface area (TPSA) is 75.2 Å². The van der Waals surface area contributed by atoms with E-state index in [0.29, 0.717) is 11.4 Å². The van der Waals surface area contributed by atoms with Crippen LogP contribution >= 0.6 is 0 Å². The molecule has 1 aliphatic heterocycles. The summed E-state index contributed by atoms with van der Waals surface area (Å²) in [6.45, 7) is 8.07. The third-order valence-electron chi connectivity index (χ3n) is 5.67. The molecule has 2 aromatic carbocycles. The SMILES string of the molecule is Cc1cc(C)cc(S(=O)(=O)Nc2cccc(-c3ccc(N4CCC(C)CC4)nn3)c2)c1. The molecule has 0 radical (unpaired) electrons. The van der Waals surface area contributed by atoms with Crippen LogP contribution in [0.4, 0.5) is 11.5 Å². The van der Waals surface area contributed by atoms with Crippen LogP contribution in [0.3, 0.4) is 0 Å². The van der Waals surface area contributed by atoms with E-state index < -0.39 is 10.0 Å². The number of sulfonamides is 1. The van der Waals surface area contributed by atoms with Crippen molar-refractivity contribution in [1.82, 2.24) is 10.2 Å². The van der Waals surface area contributed by atoms with Gasteiger partial charge in [0.2, 0.25) is 0 Å². The van der Waals surface area contributed by atoms with Gasteiger partial charge in [0, 0.05) is 24.3 Å². The average molecular weight is 437 g/mol. The summed E-state index contributed by atoms with van der Waals surface area (Å²) < 4.78 is 28.4. The van der Waals surface area contributed by atoms with E-state index in [9.17, 15) is 8.42 Å². The van der Waals surface area contributed by atoms with E-state index in [-0.39, 0.29) is 4.90 Å². The number of piperidine rings is 1. The Morgan fingerprint density at radius 2 is 1.65 bits per heavy atom. The maximum Gasteiger partial charge on any atom is 0.261 e. The molecule has 0 amide bonds. The fourth-order valence-corrected chi connectivity index (χ4v) is 5.17. The zero-order chi connectivity index (χ0) is 22.0. The number of rotatable bonds is 5. The molecule has 1 saturated heterocycles. The van der Waals surface area contributed by atoms with Gasteiger partial charge < -0.3 is 4.90 Å². The fraction of sp³-hybridized carbons (Fsp3) is 0.333. The Hall–Kier alpha value is -2.93. The molecule has 4 rings (SSSR count). The highest BCUT2D eigenvalue weighted by molar-refractivity contribution is 7.92. The fourth-order valence-electron chi connectivity index (χ4n) is 3.93. The van der Waals surface area contributed by atoms with E-state index >= 15 is 0 Å². The molecule has 0 aliphatic carbocycles. The molecule has 31 heavy (non-hydrogen) atoms. The summed E-state index contributed by atoms with van der Waals surface area (Å²) in [7, 11) is -3.68. The van der Waals surface area contributed by atoms with E-state index in [1.54, 1.807) is 24.3 Å². The summed E-state index contributed by atoms with van der Waals surface area (Å²) >= 11 is 0. The van der Waals surface area contributed by atoms with Crippen molar-refractivity contribution in [2.24, 2.45) is 5.92 Å². The third-order valence-corrected chi connectivity index (χ3v) is 7.03. The van der Waals surface area contributed by atoms with E-state index in [4.69, 9.17) is 0 Å². The van der Waals surface area contributed by atoms with Crippen molar-refractivity contribution in [2.75, 3.05) is 22.7 Å². The second kappa shape index (κ2) is 8.67. The van der Waals surface area contributed by atoms with E-state index in [0.717, 1.165) is 41.5 Å². The Bertz CT molecular complexity index is 1150. The predicted molar refractivity (Wildman–Crippen MR) is 125 cm³/mol. The van der Waals surface area contributed by atoms with Crippen molar-refractivity contribution in [3.8, 4) is 11.3 Å². The van der Waals surface area contributed by atoms with Gasteiger partial charge in [-0.05, 0) is 80.1 Å². The van der Waals surface area contributed by atoms with Gasteiger partial charge in [-0.25, -0.2) is 8.42 Å². The zero-order valence-electron chi connectivity index (χ0n) is 18.2. The lowest BCUT2D eigenvalue weighted by molar-refractivity contribution is 0.436. The number of hydrogen-bond donors (Lipinski definition) is 1. The van der Waals surface area contributed by atoms with E-state index in [1.165, 1.54) is 12.8 Å². The first kappa shape index (κ1) is 21.3. The Labute approximate surface area is 184 Å². The second-order valence-electron chi connectivity index (χ2n) is 8.46. The maximum atomic E-state index is 12.9. The molecule has 0 saturated carbocycles. The number of aryl methyl sites for hydroxylation is 2. The van der Waals surface area contributed by atoms with Crippen LogP contribution < -0.4 is 9.62 Å². The molecule has 1 aromatic heterocycles. The van der Waals surface area contributed by atoms with Gasteiger partial charge in [0.15, 0.2) is 5.82 Å². The minimum atomic E-state index is -3.68. The quantitative estimate of drug-likeness (QED) is 0.622. The van der Waals surface area contributed by atoms with Gasteiger partial charge in [0.05, 0.1) is 10.6 Å². The number of nitrogens with one attached hydrogen (secondary N) is 1. The van der Waals surface area contributed by atoms with Crippen molar-refractivity contribution in [2.45, 2.75) is 38.5 Å². The van der Waals surface area contributed by atoms with Crippen LogP contribution in [0.5, 0.6) is 0 Å². The second-order valence-corrected chi connectivity index (χ2v) is 10.1. The third kappa shape index (κ3) is 5.05. The Morgan fingerprint density at radius 3 is 2.29 bits per heavy atom. The van der Waals surface area contributed by atoms with Crippen LogP contribution in [0.25, 0.3) is 11.3 Å². The maximum absolute atomic E-state index is 12.9. The van der Waals surface area contributed by atoms with Crippen LogP contribution in [0.1, 0.15) is 30.9 Å². The molecule has 0 atom stereocenters. The lowest BCUT2D eigenvalue weighted by atomic mass is 9.99. The van der Waals surface area contributed by atoms with Crippen molar-refractivity contribution < 1.29 is 8.42 Å². The monoisotopic (exact) mass is 436 g/mol. The van der Waals surface area contributed by atoms with Crippen LogP contribution in [0.15, 0.2) is 59.5 Å². The van der Waals surface area contributed by atoms with Gasteiger partial charge in [-0.1, -0.05) is 25.1 Å². The zero-order valence-corrected chi connectivity index (χ0v) is 19.0. The predicted octanol–water partition coefficient (Wildman–Crippen LogP) is 4.80. The van der Waals surface area contributed by atoms with Crippen molar-refractivity contribution in [3.05, 3.63) is 65.7 Å². The highest BCUT2D eigenvalue weighted by atomic mass is 32.2. The molecule has 1 fully saturated rings. The Kier molecular flexibility index (Phi) is 5.96. The van der Waals surface area contributed by atoms with Crippen LogP contribution in [-0.4, -0.2) is 31.7 Å². The minimum Gasteiger partial charge on any atom is -0.355 e. The van der Waals surface area contributed by atoms with E-state index in [2.05, 4.69) is 26.7 Å². The first-order valence-electron chi connectivity index (χ1n) is 10.6. The molecule has 6 nitrogen and oxygen atoms in total. The molecule has 162 valence electrons. The van der Waals surface area contributed by atoms with Crippen molar-refractivity contribution >= 4 is 21.5 Å². The van der Waals surface area contributed by atoms with Crippen LogP contribution in [0.2, 0.25) is 0 Å². The normalized spacial score (nSPS) is 15.1. The van der Waals surface area contributed by atoms with Crippen LogP contribution in [-0.2, 0) is 10.0 Å². The molecule has 3 aromatic rings. The molecule has 2 heterocycles. The average Bonchev–Trinajstić information content (AvgIpc) is 2.74. The van der Waals surface area contributed by atoms with Crippen molar-refractivity contribution in [1.29, 1.82) is 0 Å². The number of anilines is 2. The lowest BCUT2D eigenvalue weighted by Gasteiger charge is -2.30. The number of benzene rings is 2. The molecule has 0 spiro atoms. The summed E-state index contributed by atoms with van der Waals surface area (Å²) in [4.78, 5) is 2.53. The molecule has 1 aliphatic rings. The van der Waals surface area contributed by atoms with Gasteiger partial charge in [-0.15, -0.1) is 10.2 Å². The van der Waals surface area contributed by atoms with Gasteiger partial charge in [-0.3, -0.25) is 4.72 Å². The summed E-state index contributed by atoms with van der Waals surface area (Å²) in [5, 5.41) is 8.81. The Morgan fingerprint density at radius 1 is 0.935 bits per heavy atom. The van der Waals surface area contributed by atoms with Gasteiger partial charge >= 0.3 is 0 Å². The minimum absolute atomic E-state index is 0.260. The largest absolute Gasteiger partial charge is 0.355 e. The molecular weight excluding hydrogens is 408 g/mol. The standard InChI is InChI=1S/C24H28N4O2S/c1-17-9-11-28(12-10-17)24-8-7-23(25-26-24)20-5-4-6-21(16-20)27-31(29,30)22-14-18(2)13-19(3)15-22/h4-8,13-17,27H,9-12H2,1-3H3. The number of nitrogens with zero attached hydrogens (tertiary/aromatic N) is 3. The summed E-state index contributed by atoms with van der Waals surface area (Å²) in [6, 6.07) is 16.5. The first-order chi connectivity index (χ1) is 14.8. The summed E-state index contributed by atoms with van der Waals surface area (Å²) in [5.41, 5.74) is 3.83. The van der Waals surface area contributed by atoms with Gasteiger partial charge in [-0.2, -0.15) is 0 Å². The molecule has 0 unspecified atom stereocenters. The van der Waals surface area contributed by atoms with E-state index in [1.807, 2.05) is 44.2 Å². The molecule has 7 heteroatoms. The molecule has 1 N–H and O–H groups in total. The Balaban J connectivity index is 1.53. The molecule has 0 bridgehead atoms. The number of hydrogen-bond acceptors (Lipinski definition) is 5. The first-order valence-corrected chi connectivity index (χ1v) is 12.1. The number of aromatic nitrogens is 2. The highest BCUT2D eigenvalue weighted by Gasteiger charge is 2.18. The summed E-state index contributed by atoms with van der Waals surface area (Å²) in [6.07, 6.45) is 2.35. The van der Waals surface area contributed by atoms with Crippen molar-refractivity contribution in [3.63, 3.8) is 0 Å². The van der Waals surface area contributed by atoms with Crippen LogP contribution in [0, 0.1) is 19.8 Å². The summed E-state index contributed by atoms with van der Waals surface area (Å²) in [5.74, 6) is 1.65. The highest BCUT2D eigenvalue weighted by Crippen LogP contribution is 2.26. The molecular formula is C24H28N4O2S. The van der Waals surface area contributed by atoms with Gasteiger partial charge in [0.1, 0.15) is 0 Å².